The van der Waals surface area contributed by atoms with Gasteiger partial charge in [0.05, 0.1) is 6.04 Å². The molecule has 0 saturated heterocycles. The van der Waals surface area contributed by atoms with Crippen LogP contribution in [0, 0.1) is 6.92 Å². The van der Waals surface area contributed by atoms with Gasteiger partial charge >= 0.3 is 0 Å². The van der Waals surface area contributed by atoms with Crippen LogP contribution in [0.1, 0.15) is 62.6 Å². The lowest BCUT2D eigenvalue weighted by atomic mass is 9.77. The second kappa shape index (κ2) is 9.43. The molecule has 1 unspecified atom stereocenters. The van der Waals surface area contributed by atoms with Gasteiger partial charge in [0.2, 0.25) is 0 Å². The highest BCUT2D eigenvalue weighted by Gasteiger charge is 2.33. The van der Waals surface area contributed by atoms with Gasteiger partial charge in [-0.25, -0.2) is 0 Å². The first-order chi connectivity index (χ1) is 16.2. The van der Waals surface area contributed by atoms with Gasteiger partial charge in [-0.2, -0.15) is 0 Å². The molecule has 1 nitrogen and oxygen atoms in total. The Morgan fingerprint density at radius 1 is 1.06 bits per heavy atom. The van der Waals surface area contributed by atoms with Crippen molar-refractivity contribution >= 4 is 16.3 Å². The Kier molecular flexibility index (Phi) is 6.22. The lowest BCUT2D eigenvalue weighted by Crippen LogP contribution is -2.39. The molecule has 168 valence electrons. The minimum atomic E-state index is 0.339. The first-order valence-electron chi connectivity index (χ1n) is 12.6. The lowest BCUT2D eigenvalue weighted by molar-refractivity contribution is 0.335. The third-order valence-corrected chi connectivity index (χ3v) is 7.38. The highest BCUT2D eigenvalue weighted by atomic mass is 15.2. The van der Waals surface area contributed by atoms with E-state index >= 15 is 0 Å². The van der Waals surface area contributed by atoms with Gasteiger partial charge < -0.3 is 4.90 Å². The maximum atomic E-state index is 2.68. The summed E-state index contributed by atoms with van der Waals surface area (Å²) in [5.74, 6) is 0. The molecule has 0 amide bonds. The average molecular weight is 434 g/mol. The summed E-state index contributed by atoms with van der Waals surface area (Å²) < 4.78 is 0. The number of fused-ring (bicyclic) bond motifs is 3. The Bertz CT molecular complexity index is 1240. The molecule has 0 aliphatic heterocycles. The molecule has 0 aromatic heterocycles. The standard InChI is InChI=1S/C32H35N/c1-4-14-28-26(5-2)32(22-31-29-20-13-12-19-27(29)23(3)21-30(28)31)33(24-15-8-6-9-16-24)25-17-10-7-11-18-25/h4,6,8,10,12-15,17-21,32H,5,7,9,11,16,22H2,1-3H3/b14-4-. The van der Waals surface area contributed by atoms with Crippen LogP contribution in [0.2, 0.25) is 0 Å². The van der Waals surface area contributed by atoms with E-state index in [0.29, 0.717) is 6.04 Å². The van der Waals surface area contributed by atoms with Crippen LogP contribution in [0.5, 0.6) is 0 Å². The smallest absolute Gasteiger partial charge is 0.0597 e. The minimum Gasteiger partial charge on any atom is -0.338 e. The molecule has 0 bridgehead atoms. The summed E-state index contributed by atoms with van der Waals surface area (Å²) in [6.07, 6.45) is 25.2. The number of benzene rings is 2. The van der Waals surface area contributed by atoms with Crippen LogP contribution in [0.3, 0.4) is 0 Å². The normalized spacial score (nSPS) is 20.3. The second-order valence-corrected chi connectivity index (χ2v) is 9.38. The fourth-order valence-corrected chi connectivity index (χ4v) is 5.90. The van der Waals surface area contributed by atoms with Gasteiger partial charge in [0.1, 0.15) is 0 Å². The van der Waals surface area contributed by atoms with E-state index in [1.807, 2.05) is 0 Å². The van der Waals surface area contributed by atoms with Crippen molar-refractivity contribution in [3.05, 3.63) is 113 Å². The van der Waals surface area contributed by atoms with Crippen LogP contribution in [0.25, 0.3) is 16.3 Å². The Morgan fingerprint density at radius 3 is 2.61 bits per heavy atom. The molecule has 1 heteroatoms. The van der Waals surface area contributed by atoms with E-state index in [1.54, 1.807) is 5.57 Å². The molecular weight excluding hydrogens is 398 g/mol. The van der Waals surface area contributed by atoms with Crippen molar-refractivity contribution in [3.8, 4) is 0 Å². The third-order valence-electron chi connectivity index (χ3n) is 7.38. The van der Waals surface area contributed by atoms with Gasteiger partial charge in [0, 0.05) is 11.4 Å². The monoisotopic (exact) mass is 433 g/mol. The number of hydrogen-bond acceptors (Lipinski definition) is 1. The summed E-state index contributed by atoms with van der Waals surface area (Å²) in [4.78, 5) is 2.68. The molecule has 0 radical (unpaired) electrons. The Hall–Kier alpha value is -3.06. The molecule has 0 saturated carbocycles. The van der Waals surface area contributed by atoms with Crippen LogP contribution in [-0.4, -0.2) is 10.9 Å². The van der Waals surface area contributed by atoms with E-state index < -0.39 is 0 Å². The molecule has 5 rings (SSSR count). The molecule has 3 aliphatic rings. The van der Waals surface area contributed by atoms with Crippen LogP contribution in [0.4, 0.5) is 0 Å². The van der Waals surface area contributed by atoms with Crippen LogP contribution in [0.15, 0.2) is 95.9 Å². The zero-order valence-electron chi connectivity index (χ0n) is 20.3. The zero-order chi connectivity index (χ0) is 22.8. The summed E-state index contributed by atoms with van der Waals surface area (Å²) in [6, 6.07) is 11.8. The Balaban J connectivity index is 1.75. The number of hydrogen-bond donors (Lipinski definition) is 0. The molecule has 0 spiro atoms. The van der Waals surface area contributed by atoms with Gasteiger partial charge in [0.25, 0.3) is 0 Å². The lowest BCUT2D eigenvalue weighted by Gasteiger charge is -2.42. The van der Waals surface area contributed by atoms with Gasteiger partial charge in [-0.15, -0.1) is 0 Å². The van der Waals surface area contributed by atoms with Gasteiger partial charge in [-0.3, -0.25) is 0 Å². The summed E-state index contributed by atoms with van der Waals surface area (Å²) in [5, 5.41) is 2.80. The van der Waals surface area contributed by atoms with E-state index in [4.69, 9.17) is 0 Å². The molecule has 2 aromatic carbocycles. The van der Waals surface area contributed by atoms with Gasteiger partial charge in [0.15, 0.2) is 0 Å². The fourth-order valence-electron chi connectivity index (χ4n) is 5.90. The van der Waals surface area contributed by atoms with E-state index in [2.05, 4.69) is 105 Å². The van der Waals surface area contributed by atoms with Crippen LogP contribution < -0.4 is 0 Å². The van der Waals surface area contributed by atoms with Gasteiger partial charge in [-0.05, 0) is 103 Å². The van der Waals surface area contributed by atoms with Crippen LogP contribution >= 0.6 is 0 Å². The second-order valence-electron chi connectivity index (χ2n) is 9.38. The number of allylic oxidation sites excluding steroid dienone is 10. The molecule has 0 N–H and O–H groups in total. The highest BCUT2D eigenvalue weighted by Crippen LogP contribution is 2.43. The number of rotatable bonds is 5. The van der Waals surface area contributed by atoms with Gasteiger partial charge in [-0.1, -0.05) is 73.7 Å². The Labute approximate surface area is 199 Å². The summed E-state index contributed by atoms with van der Waals surface area (Å²) in [7, 11) is 0. The van der Waals surface area contributed by atoms with E-state index in [0.717, 1.165) is 38.5 Å². The number of nitrogens with zero attached hydrogens (tertiary/aromatic N) is 1. The molecule has 0 heterocycles. The molecule has 3 aliphatic carbocycles. The minimum absolute atomic E-state index is 0.339. The Morgan fingerprint density at radius 2 is 1.91 bits per heavy atom. The van der Waals surface area contributed by atoms with Crippen LogP contribution in [-0.2, 0) is 6.42 Å². The quantitative estimate of drug-likeness (QED) is 0.456. The molecule has 33 heavy (non-hydrogen) atoms. The summed E-state index contributed by atoms with van der Waals surface area (Å²) in [6.45, 7) is 6.75. The largest absolute Gasteiger partial charge is 0.338 e. The number of aryl methyl sites for hydroxylation is 1. The van der Waals surface area contributed by atoms with E-state index in [9.17, 15) is 0 Å². The van der Waals surface area contributed by atoms with E-state index in [-0.39, 0.29) is 0 Å². The summed E-state index contributed by atoms with van der Waals surface area (Å²) >= 11 is 0. The van der Waals surface area contributed by atoms with Crippen molar-refractivity contribution in [1.82, 2.24) is 4.90 Å². The van der Waals surface area contributed by atoms with Crippen molar-refractivity contribution in [2.24, 2.45) is 0 Å². The summed E-state index contributed by atoms with van der Waals surface area (Å²) in [5.41, 5.74) is 10.1. The third kappa shape index (κ3) is 3.95. The SMILES string of the molecule is C/C=C\C1=C(CC)C(N(C2=CCCC=C2)C2=CC=CCC2)Cc2c1cc(C)c1ccccc21. The first kappa shape index (κ1) is 21.8. The molecular formula is C32H35N. The molecule has 1 atom stereocenters. The maximum Gasteiger partial charge on any atom is 0.0597 e. The van der Waals surface area contributed by atoms with Crippen molar-refractivity contribution in [1.29, 1.82) is 0 Å². The average Bonchev–Trinajstić information content (AvgIpc) is 2.86. The molecule has 2 aromatic rings. The predicted octanol–water partition coefficient (Wildman–Crippen LogP) is 8.58. The van der Waals surface area contributed by atoms with Crippen molar-refractivity contribution in [3.63, 3.8) is 0 Å². The highest BCUT2D eigenvalue weighted by molar-refractivity contribution is 5.96. The molecule has 0 fully saturated rings. The van der Waals surface area contributed by atoms with Crippen molar-refractivity contribution in [2.75, 3.05) is 0 Å². The van der Waals surface area contributed by atoms with Crippen molar-refractivity contribution in [2.45, 2.75) is 65.3 Å². The first-order valence-corrected chi connectivity index (χ1v) is 12.6. The van der Waals surface area contributed by atoms with Crippen molar-refractivity contribution < 1.29 is 0 Å². The zero-order valence-corrected chi connectivity index (χ0v) is 20.3. The maximum absolute atomic E-state index is 2.68. The predicted molar refractivity (Wildman–Crippen MR) is 143 cm³/mol. The topological polar surface area (TPSA) is 3.24 Å². The van der Waals surface area contributed by atoms with E-state index in [1.165, 1.54) is 44.4 Å². The fraction of sp³-hybridized carbons (Fsp3) is 0.312.